The molecule has 0 fully saturated rings. The number of nitrogens with zero attached hydrogens (tertiary/aromatic N) is 4. The van der Waals surface area contributed by atoms with E-state index in [0.29, 0.717) is 0 Å². The smallest absolute Gasteiger partial charge is 0.138 e. The molecule has 0 aliphatic rings. The number of aromatic nitrogens is 4. The third-order valence-electron chi connectivity index (χ3n) is 6.74. The third-order valence-corrected chi connectivity index (χ3v) is 6.74. The van der Waals surface area contributed by atoms with Gasteiger partial charge in [-0.1, -0.05) is 84.9 Å². The van der Waals surface area contributed by atoms with Gasteiger partial charge in [0.2, 0.25) is 0 Å². The van der Waals surface area contributed by atoms with Crippen LogP contribution >= 0.6 is 0 Å². The molecule has 0 bridgehead atoms. The lowest BCUT2D eigenvalue weighted by atomic mass is 9.97. The summed E-state index contributed by atoms with van der Waals surface area (Å²) in [6.45, 7) is 0. The Morgan fingerprint density at radius 1 is 0.459 bits per heavy atom. The van der Waals surface area contributed by atoms with E-state index in [9.17, 15) is 0 Å². The summed E-state index contributed by atoms with van der Waals surface area (Å²) in [6.07, 6.45) is 3.75. The minimum Gasteiger partial charge on any atom is -0.294 e. The van der Waals surface area contributed by atoms with Crippen molar-refractivity contribution < 1.29 is 0 Å². The van der Waals surface area contributed by atoms with Crippen LogP contribution in [0.4, 0.5) is 0 Å². The van der Waals surface area contributed by atoms with Gasteiger partial charge in [0.05, 0.1) is 28.1 Å². The van der Waals surface area contributed by atoms with Crippen molar-refractivity contribution in [3.05, 3.63) is 134 Å². The van der Waals surface area contributed by atoms with Gasteiger partial charge in [-0.05, 0) is 47.5 Å². The second-order valence-electron chi connectivity index (χ2n) is 8.95. The molecule has 7 aromatic rings. The van der Waals surface area contributed by atoms with Gasteiger partial charge in [0.15, 0.2) is 0 Å². The lowest BCUT2D eigenvalue weighted by molar-refractivity contribution is 1.08. The molecule has 37 heavy (non-hydrogen) atoms. The van der Waals surface area contributed by atoms with Gasteiger partial charge in [-0.3, -0.25) is 9.55 Å². The van der Waals surface area contributed by atoms with Crippen LogP contribution in [0.25, 0.3) is 61.4 Å². The van der Waals surface area contributed by atoms with Crippen LogP contribution in [0.1, 0.15) is 0 Å². The first-order chi connectivity index (χ1) is 18.4. The predicted octanol–water partition coefficient (Wildman–Crippen LogP) is 7.97. The molecular formula is C33H22N4. The summed E-state index contributed by atoms with van der Waals surface area (Å²) in [4.78, 5) is 14.5. The van der Waals surface area contributed by atoms with E-state index in [0.717, 1.165) is 55.8 Å². The number of hydrogen-bond donors (Lipinski definition) is 0. The fourth-order valence-corrected chi connectivity index (χ4v) is 5.06. The number of pyridine rings is 3. The van der Waals surface area contributed by atoms with Crippen molar-refractivity contribution in [2.45, 2.75) is 0 Å². The molecule has 4 aromatic heterocycles. The highest BCUT2D eigenvalue weighted by Crippen LogP contribution is 2.33. The molecule has 0 aliphatic carbocycles. The summed E-state index contributed by atoms with van der Waals surface area (Å²) in [5.41, 5.74) is 8.21. The molecule has 3 aromatic carbocycles. The van der Waals surface area contributed by atoms with E-state index in [1.807, 2.05) is 48.8 Å². The quantitative estimate of drug-likeness (QED) is 0.260. The maximum Gasteiger partial charge on any atom is 0.138 e. The summed E-state index contributed by atoms with van der Waals surface area (Å²) in [7, 11) is 0. The first-order valence-corrected chi connectivity index (χ1v) is 12.3. The molecule has 4 nitrogen and oxygen atoms in total. The molecular weight excluding hydrogens is 452 g/mol. The van der Waals surface area contributed by atoms with E-state index in [2.05, 4.69) is 94.5 Å². The molecule has 0 radical (unpaired) electrons. The molecule has 0 saturated carbocycles. The molecule has 0 saturated heterocycles. The number of hydrogen-bond acceptors (Lipinski definition) is 3. The molecule has 0 atom stereocenters. The highest BCUT2D eigenvalue weighted by atomic mass is 15.1. The molecule has 0 aliphatic heterocycles. The Morgan fingerprint density at radius 3 is 2.03 bits per heavy atom. The second-order valence-corrected chi connectivity index (χ2v) is 8.95. The summed E-state index contributed by atoms with van der Waals surface area (Å²) in [5, 5.41) is 2.28. The van der Waals surface area contributed by atoms with Crippen LogP contribution in [-0.4, -0.2) is 19.5 Å². The van der Waals surface area contributed by atoms with Gasteiger partial charge < -0.3 is 0 Å². The van der Waals surface area contributed by atoms with E-state index < -0.39 is 0 Å². The largest absolute Gasteiger partial charge is 0.294 e. The SMILES string of the molecule is c1ccc(-c2ccccc2-c2cccc(-c3cccc(-n4c5ccccc5c5cnccc54)n3)n2)cc1. The average molecular weight is 475 g/mol. The van der Waals surface area contributed by atoms with Crippen LogP contribution in [0, 0.1) is 0 Å². The zero-order valence-electron chi connectivity index (χ0n) is 20.0. The monoisotopic (exact) mass is 474 g/mol. The normalized spacial score (nSPS) is 11.2. The maximum absolute atomic E-state index is 5.08. The molecule has 0 amide bonds. The van der Waals surface area contributed by atoms with Crippen LogP contribution < -0.4 is 0 Å². The van der Waals surface area contributed by atoms with E-state index in [4.69, 9.17) is 9.97 Å². The molecule has 174 valence electrons. The van der Waals surface area contributed by atoms with Crippen LogP contribution in [0.5, 0.6) is 0 Å². The molecule has 0 spiro atoms. The zero-order chi connectivity index (χ0) is 24.6. The lowest BCUT2D eigenvalue weighted by Crippen LogP contribution is -1.99. The van der Waals surface area contributed by atoms with Crippen molar-refractivity contribution in [3.63, 3.8) is 0 Å². The van der Waals surface area contributed by atoms with Crippen LogP contribution in [-0.2, 0) is 0 Å². The van der Waals surface area contributed by atoms with Crippen LogP contribution in [0.3, 0.4) is 0 Å². The van der Waals surface area contributed by atoms with Gasteiger partial charge in [-0.2, -0.15) is 0 Å². The van der Waals surface area contributed by atoms with E-state index in [-0.39, 0.29) is 0 Å². The van der Waals surface area contributed by atoms with E-state index in [1.165, 1.54) is 5.56 Å². The topological polar surface area (TPSA) is 43.6 Å². The Balaban J connectivity index is 1.36. The van der Waals surface area contributed by atoms with Crippen molar-refractivity contribution in [1.82, 2.24) is 19.5 Å². The molecule has 0 unspecified atom stereocenters. The fraction of sp³-hybridized carbons (Fsp3) is 0. The zero-order valence-corrected chi connectivity index (χ0v) is 20.0. The van der Waals surface area contributed by atoms with Crippen molar-refractivity contribution in [1.29, 1.82) is 0 Å². The first-order valence-electron chi connectivity index (χ1n) is 12.3. The maximum atomic E-state index is 5.08. The van der Waals surface area contributed by atoms with Crippen LogP contribution in [0.2, 0.25) is 0 Å². The molecule has 4 heteroatoms. The summed E-state index contributed by atoms with van der Waals surface area (Å²) < 4.78 is 2.20. The number of fused-ring (bicyclic) bond motifs is 3. The Kier molecular flexibility index (Phi) is 5.07. The highest BCUT2D eigenvalue weighted by Gasteiger charge is 2.14. The van der Waals surface area contributed by atoms with Gasteiger partial charge in [0.25, 0.3) is 0 Å². The van der Waals surface area contributed by atoms with Crippen molar-refractivity contribution in [2.75, 3.05) is 0 Å². The second kappa shape index (κ2) is 8.85. The highest BCUT2D eigenvalue weighted by molar-refractivity contribution is 6.08. The van der Waals surface area contributed by atoms with Gasteiger partial charge in [0.1, 0.15) is 5.82 Å². The van der Waals surface area contributed by atoms with Crippen molar-refractivity contribution >= 4 is 21.8 Å². The Labute approximate surface area is 214 Å². The van der Waals surface area contributed by atoms with Crippen LogP contribution in [0.15, 0.2) is 134 Å². The first kappa shape index (κ1) is 21.2. The van der Waals surface area contributed by atoms with Crippen molar-refractivity contribution in [3.8, 4) is 39.6 Å². The van der Waals surface area contributed by atoms with Gasteiger partial charge >= 0.3 is 0 Å². The predicted molar refractivity (Wildman–Crippen MR) is 150 cm³/mol. The van der Waals surface area contributed by atoms with Gasteiger partial charge in [-0.25, -0.2) is 9.97 Å². The van der Waals surface area contributed by atoms with Gasteiger partial charge in [-0.15, -0.1) is 0 Å². The minimum atomic E-state index is 0.830. The fourth-order valence-electron chi connectivity index (χ4n) is 5.06. The Morgan fingerprint density at radius 2 is 1.14 bits per heavy atom. The minimum absolute atomic E-state index is 0.830. The lowest BCUT2D eigenvalue weighted by Gasteiger charge is -2.12. The molecule has 0 N–H and O–H groups in total. The standard InChI is InChI=1S/C33H22N4/c1-2-10-23(11-3-1)24-12-4-5-13-25(24)28-15-8-16-29(35-28)30-17-9-19-33(36-30)37-31-18-7-6-14-26(31)27-22-34-21-20-32(27)37/h1-22H. The third kappa shape index (κ3) is 3.67. The summed E-state index contributed by atoms with van der Waals surface area (Å²) in [5.74, 6) is 0.854. The number of para-hydroxylation sites is 1. The van der Waals surface area contributed by atoms with Gasteiger partial charge in [0, 0.05) is 28.7 Å². The van der Waals surface area contributed by atoms with E-state index >= 15 is 0 Å². The molecule has 7 rings (SSSR count). The van der Waals surface area contributed by atoms with Crippen molar-refractivity contribution in [2.24, 2.45) is 0 Å². The number of benzene rings is 3. The summed E-state index contributed by atoms with van der Waals surface area (Å²) in [6, 6.07) is 41.5. The van der Waals surface area contributed by atoms with E-state index in [1.54, 1.807) is 0 Å². The molecule has 4 heterocycles. The average Bonchev–Trinajstić information content (AvgIpc) is 3.32. The number of rotatable bonds is 4. The Hall–Kier alpha value is -5.09. The summed E-state index contributed by atoms with van der Waals surface area (Å²) >= 11 is 0. The Bertz CT molecular complexity index is 1830.